The Bertz CT molecular complexity index is 587. The molecule has 3 nitrogen and oxygen atoms in total. The van der Waals surface area contributed by atoms with E-state index in [0.717, 1.165) is 15.6 Å². The van der Waals surface area contributed by atoms with Crippen molar-refractivity contribution >= 4 is 22.0 Å². The zero-order valence-corrected chi connectivity index (χ0v) is 12.3. The minimum absolute atomic E-state index is 0.280. The average Bonchev–Trinajstić information content (AvgIpc) is 2.45. The zero-order valence-electron chi connectivity index (χ0n) is 10.7. The van der Waals surface area contributed by atoms with Crippen molar-refractivity contribution in [2.75, 3.05) is 0 Å². The van der Waals surface area contributed by atoms with Gasteiger partial charge in [-0.1, -0.05) is 40.2 Å². The molecule has 2 aromatic rings. The van der Waals surface area contributed by atoms with Gasteiger partial charge in [0.05, 0.1) is 0 Å². The zero-order chi connectivity index (χ0) is 14.4. The molecular weight excluding hydrogens is 323 g/mol. The van der Waals surface area contributed by atoms with Crippen molar-refractivity contribution < 1.29 is 9.18 Å². The highest BCUT2D eigenvalue weighted by Gasteiger charge is 2.01. The summed E-state index contributed by atoms with van der Waals surface area (Å²) in [6.07, 6.45) is 0. The van der Waals surface area contributed by atoms with E-state index in [2.05, 4.69) is 26.6 Å². The first-order valence-corrected chi connectivity index (χ1v) is 6.93. The minimum Gasteiger partial charge on any atom is -0.334 e. The largest absolute Gasteiger partial charge is 0.334 e. The molecule has 104 valence electrons. The summed E-state index contributed by atoms with van der Waals surface area (Å²) in [6.45, 7) is 0.742. The van der Waals surface area contributed by atoms with Gasteiger partial charge in [0.2, 0.25) is 0 Å². The third-order valence-corrected chi connectivity index (χ3v) is 3.24. The quantitative estimate of drug-likeness (QED) is 0.880. The van der Waals surface area contributed by atoms with Gasteiger partial charge in [0.25, 0.3) is 0 Å². The lowest BCUT2D eigenvalue weighted by molar-refractivity contribution is 0.240. The van der Waals surface area contributed by atoms with Crippen molar-refractivity contribution in [1.29, 1.82) is 0 Å². The Kier molecular flexibility index (Phi) is 5.12. The van der Waals surface area contributed by atoms with Crippen LogP contribution in [-0.4, -0.2) is 6.03 Å². The van der Waals surface area contributed by atoms with Crippen LogP contribution in [0.5, 0.6) is 0 Å². The van der Waals surface area contributed by atoms with E-state index in [9.17, 15) is 9.18 Å². The molecule has 2 amide bonds. The molecule has 0 saturated carbocycles. The summed E-state index contributed by atoms with van der Waals surface area (Å²) in [7, 11) is 0. The van der Waals surface area contributed by atoms with Gasteiger partial charge in [-0.05, 0) is 35.4 Å². The summed E-state index contributed by atoms with van der Waals surface area (Å²) >= 11 is 3.35. The molecule has 0 heterocycles. The number of benzene rings is 2. The van der Waals surface area contributed by atoms with Crippen LogP contribution < -0.4 is 10.6 Å². The molecule has 2 aromatic carbocycles. The number of urea groups is 1. The third kappa shape index (κ3) is 4.66. The number of nitrogens with one attached hydrogen (secondary N) is 2. The van der Waals surface area contributed by atoms with Crippen LogP contribution in [0.1, 0.15) is 11.1 Å². The first kappa shape index (κ1) is 14.5. The molecule has 2 N–H and O–H groups in total. The van der Waals surface area contributed by atoms with Crippen LogP contribution in [0.2, 0.25) is 0 Å². The predicted molar refractivity (Wildman–Crippen MR) is 79.6 cm³/mol. The SMILES string of the molecule is O=C(NCc1ccc(Br)cc1)NCc1cccc(F)c1. The van der Waals surface area contributed by atoms with Crippen molar-refractivity contribution in [2.45, 2.75) is 13.1 Å². The van der Waals surface area contributed by atoms with Crippen LogP contribution >= 0.6 is 15.9 Å². The number of carbonyl (C=O) groups excluding carboxylic acids is 1. The number of halogens is 2. The minimum atomic E-state index is -0.306. The number of rotatable bonds is 4. The maximum absolute atomic E-state index is 13.0. The molecule has 0 atom stereocenters. The number of hydrogen-bond acceptors (Lipinski definition) is 1. The Morgan fingerprint density at radius 3 is 2.30 bits per heavy atom. The Morgan fingerprint density at radius 1 is 1.00 bits per heavy atom. The first-order chi connectivity index (χ1) is 9.63. The van der Waals surface area contributed by atoms with E-state index in [1.165, 1.54) is 12.1 Å². The molecule has 0 fully saturated rings. The average molecular weight is 337 g/mol. The van der Waals surface area contributed by atoms with Crippen LogP contribution in [0.25, 0.3) is 0 Å². The standard InChI is InChI=1S/C15H14BrFN2O/c16-13-6-4-11(5-7-13)9-18-15(20)19-10-12-2-1-3-14(17)8-12/h1-8H,9-10H2,(H2,18,19,20). The molecule has 0 aliphatic rings. The van der Waals surface area contributed by atoms with E-state index in [0.29, 0.717) is 13.1 Å². The van der Waals surface area contributed by atoms with E-state index >= 15 is 0 Å². The fourth-order valence-corrected chi connectivity index (χ4v) is 1.94. The smallest absolute Gasteiger partial charge is 0.315 e. The van der Waals surface area contributed by atoms with Crippen LogP contribution in [0.4, 0.5) is 9.18 Å². The Hall–Kier alpha value is -1.88. The Balaban J connectivity index is 1.77. The van der Waals surface area contributed by atoms with E-state index in [1.807, 2.05) is 24.3 Å². The van der Waals surface area contributed by atoms with Gasteiger partial charge in [-0.25, -0.2) is 9.18 Å². The van der Waals surface area contributed by atoms with E-state index in [4.69, 9.17) is 0 Å². The second-order valence-corrected chi connectivity index (χ2v) is 5.21. The molecule has 0 aliphatic carbocycles. The van der Waals surface area contributed by atoms with Gasteiger partial charge < -0.3 is 10.6 Å². The highest BCUT2D eigenvalue weighted by Crippen LogP contribution is 2.10. The third-order valence-electron chi connectivity index (χ3n) is 2.71. The lowest BCUT2D eigenvalue weighted by Gasteiger charge is -2.08. The number of amides is 2. The molecule has 5 heteroatoms. The van der Waals surface area contributed by atoms with Gasteiger partial charge in [-0.15, -0.1) is 0 Å². The fourth-order valence-electron chi connectivity index (χ4n) is 1.68. The molecule has 0 saturated heterocycles. The monoisotopic (exact) mass is 336 g/mol. The topological polar surface area (TPSA) is 41.1 Å². The number of carbonyl (C=O) groups is 1. The van der Waals surface area contributed by atoms with Crippen molar-refractivity contribution in [2.24, 2.45) is 0 Å². The van der Waals surface area contributed by atoms with Crippen LogP contribution in [0.3, 0.4) is 0 Å². The van der Waals surface area contributed by atoms with E-state index in [1.54, 1.807) is 12.1 Å². The molecule has 0 spiro atoms. The van der Waals surface area contributed by atoms with E-state index < -0.39 is 0 Å². The highest BCUT2D eigenvalue weighted by molar-refractivity contribution is 9.10. The molecular formula is C15H14BrFN2O. The molecule has 20 heavy (non-hydrogen) atoms. The van der Waals surface area contributed by atoms with Crippen LogP contribution in [0, 0.1) is 5.82 Å². The summed E-state index contributed by atoms with van der Waals surface area (Å²) in [5.74, 6) is -0.306. The Labute approximate surface area is 125 Å². The maximum atomic E-state index is 13.0. The first-order valence-electron chi connectivity index (χ1n) is 6.14. The molecule has 0 aliphatic heterocycles. The summed E-state index contributed by atoms with van der Waals surface area (Å²) in [5, 5.41) is 5.43. The molecule has 2 rings (SSSR count). The van der Waals surface area contributed by atoms with Gasteiger partial charge >= 0.3 is 6.03 Å². The Morgan fingerprint density at radius 2 is 1.65 bits per heavy atom. The second kappa shape index (κ2) is 7.05. The van der Waals surface area contributed by atoms with Gasteiger partial charge in [0.1, 0.15) is 5.82 Å². The predicted octanol–water partition coefficient (Wildman–Crippen LogP) is 3.59. The second-order valence-electron chi connectivity index (χ2n) is 4.29. The van der Waals surface area contributed by atoms with Crippen molar-refractivity contribution in [3.05, 3.63) is 69.9 Å². The van der Waals surface area contributed by atoms with Crippen LogP contribution in [-0.2, 0) is 13.1 Å². The highest BCUT2D eigenvalue weighted by atomic mass is 79.9. The molecule has 0 unspecified atom stereocenters. The van der Waals surface area contributed by atoms with E-state index in [-0.39, 0.29) is 11.8 Å². The fraction of sp³-hybridized carbons (Fsp3) is 0.133. The van der Waals surface area contributed by atoms with Crippen LogP contribution in [0.15, 0.2) is 53.0 Å². The summed E-state index contributed by atoms with van der Waals surface area (Å²) in [4.78, 5) is 11.6. The normalized spacial score (nSPS) is 10.1. The maximum Gasteiger partial charge on any atom is 0.315 e. The molecule has 0 bridgehead atoms. The summed E-state index contributed by atoms with van der Waals surface area (Å²) < 4.78 is 14.0. The van der Waals surface area contributed by atoms with Crippen molar-refractivity contribution in [3.63, 3.8) is 0 Å². The van der Waals surface area contributed by atoms with Gasteiger partial charge in [0.15, 0.2) is 0 Å². The van der Waals surface area contributed by atoms with Gasteiger partial charge in [0, 0.05) is 17.6 Å². The molecule has 0 radical (unpaired) electrons. The lowest BCUT2D eigenvalue weighted by Crippen LogP contribution is -2.34. The van der Waals surface area contributed by atoms with Gasteiger partial charge in [-0.2, -0.15) is 0 Å². The number of hydrogen-bond donors (Lipinski definition) is 2. The summed E-state index contributed by atoms with van der Waals surface area (Å²) in [6, 6.07) is 13.6. The molecule has 0 aromatic heterocycles. The summed E-state index contributed by atoms with van der Waals surface area (Å²) in [5.41, 5.74) is 1.73. The van der Waals surface area contributed by atoms with Gasteiger partial charge in [-0.3, -0.25) is 0 Å². The lowest BCUT2D eigenvalue weighted by atomic mass is 10.2. The van der Waals surface area contributed by atoms with Crippen molar-refractivity contribution in [3.8, 4) is 0 Å². The van der Waals surface area contributed by atoms with Crippen molar-refractivity contribution in [1.82, 2.24) is 10.6 Å².